The zero-order valence-corrected chi connectivity index (χ0v) is 17.4. The number of benzene rings is 1. The molecule has 2 heterocycles. The molecule has 1 aliphatic heterocycles. The zero-order valence-electron chi connectivity index (χ0n) is 16.7. The van der Waals surface area contributed by atoms with Crippen molar-refractivity contribution in [3.63, 3.8) is 0 Å². The molecule has 1 atom stereocenters. The van der Waals surface area contributed by atoms with Gasteiger partial charge in [-0.25, -0.2) is 4.79 Å². The summed E-state index contributed by atoms with van der Waals surface area (Å²) >= 11 is 6.51. The van der Waals surface area contributed by atoms with E-state index in [1.807, 2.05) is 54.4 Å². The third-order valence-electron chi connectivity index (χ3n) is 5.64. The van der Waals surface area contributed by atoms with Crippen molar-refractivity contribution in [2.24, 2.45) is 0 Å². The topological polar surface area (TPSA) is 57.6 Å². The third-order valence-corrected chi connectivity index (χ3v) is 5.98. The molecule has 0 saturated heterocycles. The van der Waals surface area contributed by atoms with Crippen molar-refractivity contribution in [3.05, 3.63) is 58.9 Å². The molecule has 1 saturated carbocycles. The summed E-state index contributed by atoms with van der Waals surface area (Å²) in [6.07, 6.45) is 4.83. The number of nitrogens with one attached hydrogen (secondary N) is 1. The highest BCUT2D eigenvalue weighted by molar-refractivity contribution is 6.31. The zero-order chi connectivity index (χ0) is 20.4. The minimum absolute atomic E-state index is 0.0408. The number of nitrogens with zero attached hydrogens (tertiary/aromatic N) is 3. The first-order valence-corrected chi connectivity index (χ1v) is 10.7. The second-order valence-electron chi connectivity index (χ2n) is 7.73. The monoisotopic (exact) mass is 414 g/mol. The van der Waals surface area contributed by atoms with Crippen LogP contribution in [0.1, 0.15) is 43.5 Å². The first-order chi connectivity index (χ1) is 14.1. The van der Waals surface area contributed by atoms with E-state index in [9.17, 15) is 9.59 Å². The summed E-state index contributed by atoms with van der Waals surface area (Å²) in [6, 6.07) is 11.5. The lowest BCUT2D eigenvalue weighted by Gasteiger charge is -2.38. The second kappa shape index (κ2) is 8.49. The van der Waals surface area contributed by atoms with Crippen LogP contribution in [0.4, 0.5) is 4.79 Å². The molecule has 3 amide bonds. The average molecular weight is 415 g/mol. The first-order valence-electron chi connectivity index (χ1n) is 10.3. The van der Waals surface area contributed by atoms with E-state index in [1.165, 1.54) is 0 Å². The van der Waals surface area contributed by atoms with Crippen LogP contribution in [0, 0.1) is 0 Å². The van der Waals surface area contributed by atoms with Gasteiger partial charge in [0, 0.05) is 42.6 Å². The molecule has 2 aliphatic rings. The first kappa shape index (κ1) is 19.8. The average Bonchev–Trinajstić information content (AvgIpc) is 3.45. The SMILES string of the molecule is CCCNC(=O)N(CC(=O)N1CCn2cccc2C1c1ccccc1Cl)C1CC1. The van der Waals surface area contributed by atoms with E-state index < -0.39 is 0 Å². The summed E-state index contributed by atoms with van der Waals surface area (Å²) < 4.78 is 2.17. The van der Waals surface area contributed by atoms with Crippen molar-refractivity contribution in [1.29, 1.82) is 0 Å². The van der Waals surface area contributed by atoms with Gasteiger partial charge in [-0.2, -0.15) is 0 Å². The Morgan fingerprint density at radius 1 is 1.17 bits per heavy atom. The highest BCUT2D eigenvalue weighted by atomic mass is 35.5. The van der Waals surface area contributed by atoms with Gasteiger partial charge in [-0.05, 0) is 43.0 Å². The molecule has 0 radical (unpaired) electrons. The molecule has 1 aromatic carbocycles. The molecule has 29 heavy (non-hydrogen) atoms. The quantitative estimate of drug-likeness (QED) is 0.784. The Hall–Kier alpha value is -2.47. The van der Waals surface area contributed by atoms with Crippen LogP contribution in [0.5, 0.6) is 0 Å². The number of carbonyl (C=O) groups excluding carboxylic acids is 2. The van der Waals surface area contributed by atoms with Gasteiger partial charge in [0.1, 0.15) is 6.54 Å². The van der Waals surface area contributed by atoms with Crippen LogP contribution in [0.3, 0.4) is 0 Å². The predicted molar refractivity (Wildman–Crippen MR) is 113 cm³/mol. The molecular weight excluding hydrogens is 388 g/mol. The van der Waals surface area contributed by atoms with E-state index in [2.05, 4.69) is 9.88 Å². The lowest BCUT2D eigenvalue weighted by atomic mass is 9.99. The fourth-order valence-corrected chi connectivity index (χ4v) is 4.24. The largest absolute Gasteiger partial charge is 0.348 e. The summed E-state index contributed by atoms with van der Waals surface area (Å²) in [5, 5.41) is 3.56. The summed E-state index contributed by atoms with van der Waals surface area (Å²) in [5.74, 6) is -0.0408. The number of hydrogen-bond donors (Lipinski definition) is 1. The van der Waals surface area contributed by atoms with Gasteiger partial charge in [-0.1, -0.05) is 36.7 Å². The van der Waals surface area contributed by atoms with Crippen LogP contribution in [0.15, 0.2) is 42.6 Å². The number of carbonyl (C=O) groups is 2. The number of rotatable bonds is 6. The molecule has 2 aromatic rings. The van der Waals surface area contributed by atoms with Crippen LogP contribution < -0.4 is 5.32 Å². The van der Waals surface area contributed by atoms with Gasteiger partial charge >= 0.3 is 6.03 Å². The highest BCUT2D eigenvalue weighted by Crippen LogP contribution is 2.36. The minimum atomic E-state index is -0.250. The fraction of sp³-hybridized carbons (Fsp3) is 0.455. The van der Waals surface area contributed by atoms with E-state index in [-0.39, 0.29) is 30.6 Å². The molecule has 1 unspecified atom stereocenters. The van der Waals surface area contributed by atoms with Crippen molar-refractivity contribution in [2.75, 3.05) is 19.6 Å². The van der Waals surface area contributed by atoms with Crippen LogP contribution in [0.25, 0.3) is 0 Å². The predicted octanol–water partition coefficient (Wildman–Crippen LogP) is 3.66. The Labute approximate surface area is 176 Å². The van der Waals surface area contributed by atoms with Crippen molar-refractivity contribution >= 4 is 23.5 Å². The van der Waals surface area contributed by atoms with Crippen LogP contribution in [-0.4, -0.2) is 52.0 Å². The lowest BCUT2D eigenvalue weighted by Crippen LogP contribution is -2.50. The Morgan fingerprint density at radius 3 is 2.69 bits per heavy atom. The fourth-order valence-electron chi connectivity index (χ4n) is 4.00. The lowest BCUT2D eigenvalue weighted by molar-refractivity contribution is -0.134. The molecule has 1 fully saturated rings. The number of aromatic nitrogens is 1. The van der Waals surface area contributed by atoms with Crippen molar-refractivity contribution < 1.29 is 9.59 Å². The third kappa shape index (κ3) is 4.13. The summed E-state index contributed by atoms with van der Waals surface area (Å²) in [4.78, 5) is 29.6. The Balaban J connectivity index is 1.59. The molecule has 1 aromatic heterocycles. The van der Waals surface area contributed by atoms with E-state index in [0.29, 0.717) is 18.1 Å². The van der Waals surface area contributed by atoms with Gasteiger partial charge in [0.2, 0.25) is 5.91 Å². The minimum Gasteiger partial charge on any atom is -0.348 e. The number of urea groups is 1. The number of halogens is 1. The summed E-state index contributed by atoms with van der Waals surface area (Å²) in [6.45, 7) is 4.06. The normalized spacial score (nSPS) is 18.3. The summed E-state index contributed by atoms with van der Waals surface area (Å²) in [7, 11) is 0. The van der Waals surface area contributed by atoms with Crippen LogP contribution in [-0.2, 0) is 11.3 Å². The van der Waals surface area contributed by atoms with Gasteiger partial charge in [0.15, 0.2) is 0 Å². The van der Waals surface area contributed by atoms with Gasteiger partial charge in [0.25, 0.3) is 0 Å². The van der Waals surface area contributed by atoms with E-state index in [0.717, 1.165) is 37.1 Å². The van der Waals surface area contributed by atoms with Crippen LogP contribution >= 0.6 is 11.6 Å². The molecule has 1 aliphatic carbocycles. The van der Waals surface area contributed by atoms with E-state index >= 15 is 0 Å². The molecule has 0 bridgehead atoms. The molecule has 6 nitrogen and oxygen atoms in total. The Morgan fingerprint density at radius 2 is 1.97 bits per heavy atom. The maximum absolute atomic E-state index is 13.4. The smallest absolute Gasteiger partial charge is 0.318 e. The molecule has 1 N–H and O–H groups in total. The number of hydrogen-bond acceptors (Lipinski definition) is 2. The number of fused-ring (bicyclic) bond motifs is 1. The van der Waals surface area contributed by atoms with Crippen molar-refractivity contribution in [3.8, 4) is 0 Å². The van der Waals surface area contributed by atoms with Gasteiger partial charge in [-0.3, -0.25) is 4.79 Å². The molecule has 4 rings (SSSR count). The van der Waals surface area contributed by atoms with Crippen molar-refractivity contribution in [2.45, 2.75) is 44.8 Å². The second-order valence-corrected chi connectivity index (χ2v) is 8.14. The van der Waals surface area contributed by atoms with Gasteiger partial charge in [0.05, 0.1) is 6.04 Å². The Kier molecular flexibility index (Phi) is 5.81. The molecule has 0 spiro atoms. The van der Waals surface area contributed by atoms with Crippen LogP contribution in [0.2, 0.25) is 5.02 Å². The molecule has 154 valence electrons. The standard InChI is InChI=1S/C22H27ClN4O2/c1-2-11-24-22(29)27(16-9-10-16)15-20(28)26-14-13-25-12-5-8-19(25)21(26)17-6-3-4-7-18(17)23/h3-8,12,16,21H,2,9-11,13-15H2,1H3,(H,24,29). The maximum Gasteiger partial charge on any atom is 0.318 e. The molecular formula is C22H27ClN4O2. The van der Waals surface area contributed by atoms with Gasteiger partial charge < -0.3 is 19.7 Å². The number of amides is 3. The van der Waals surface area contributed by atoms with E-state index in [4.69, 9.17) is 11.6 Å². The maximum atomic E-state index is 13.4. The summed E-state index contributed by atoms with van der Waals surface area (Å²) in [5.41, 5.74) is 1.96. The van der Waals surface area contributed by atoms with Crippen molar-refractivity contribution in [1.82, 2.24) is 19.7 Å². The highest BCUT2D eigenvalue weighted by Gasteiger charge is 2.38. The molecule has 7 heteroatoms. The Bertz CT molecular complexity index is 892. The van der Waals surface area contributed by atoms with Gasteiger partial charge in [-0.15, -0.1) is 0 Å². The van der Waals surface area contributed by atoms with E-state index in [1.54, 1.807) is 4.90 Å².